The molecule has 3 aromatic rings. The average Bonchev–Trinajstić information content (AvgIpc) is 2.83. The van der Waals surface area contributed by atoms with Gasteiger partial charge in [0.05, 0.1) is 13.2 Å². The lowest BCUT2D eigenvalue weighted by Gasteiger charge is -2.30. The Kier molecular flexibility index (Phi) is 6.60. The van der Waals surface area contributed by atoms with Crippen LogP contribution < -0.4 is 9.47 Å². The minimum Gasteiger partial charge on any atom is -0.491 e. The first-order valence-corrected chi connectivity index (χ1v) is 10.5. The van der Waals surface area contributed by atoms with Gasteiger partial charge in [-0.05, 0) is 54.4 Å². The lowest BCUT2D eigenvalue weighted by Crippen LogP contribution is -2.40. The Balaban J connectivity index is 1.47. The van der Waals surface area contributed by atoms with Gasteiger partial charge in [-0.1, -0.05) is 24.3 Å². The van der Waals surface area contributed by atoms with Crippen molar-refractivity contribution in [1.29, 1.82) is 5.26 Å². The molecule has 1 N–H and O–H groups in total. The highest BCUT2D eigenvalue weighted by Crippen LogP contribution is 2.33. The number of hydrogen-bond donors (Lipinski definition) is 1. The molecule has 1 unspecified atom stereocenters. The highest BCUT2D eigenvalue weighted by molar-refractivity contribution is 5.97. The molecule has 0 amide bonds. The van der Waals surface area contributed by atoms with E-state index in [2.05, 4.69) is 27.0 Å². The number of rotatable bonds is 7. The third-order valence-corrected chi connectivity index (χ3v) is 5.64. The summed E-state index contributed by atoms with van der Waals surface area (Å²) in [5.74, 6) is 0.828. The number of hydrogen-bond acceptors (Lipinski definition) is 7. The maximum absolute atomic E-state index is 10.5. The van der Waals surface area contributed by atoms with Gasteiger partial charge in [0.1, 0.15) is 18.5 Å². The first kappa shape index (κ1) is 21.0. The predicted octanol–water partition coefficient (Wildman–Crippen LogP) is 3.28. The van der Waals surface area contributed by atoms with Gasteiger partial charge in [-0.25, -0.2) is 9.97 Å². The van der Waals surface area contributed by atoms with E-state index in [1.165, 1.54) is 7.11 Å². The number of aliphatic hydroxyl groups excluding tert-OH is 1. The van der Waals surface area contributed by atoms with Gasteiger partial charge in [0.15, 0.2) is 0 Å². The molecule has 1 saturated heterocycles. The van der Waals surface area contributed by atoms with Crippen LogP contribution in [0.2, 0.25) is 0 Å². The summed E-state index contributed by atoms with van der Waals surface area (Å²) in [5, 5.41) is 21.6. The van der Waals surface area contributed by atoms with E-state index in [1.807, 2.05) is 30.3 Å². The number of aromatic nitrogens is 2. The minimum atomic E-state index is -0.599. The number of benzene rings is 2. The van der Waals surface area contributed by atoms with Crippen LogP contribution in [0.1, 0.15) is 12.8 Å². The summed E-state index contributed by atoms with van der Waals surface area (Å²) in [5.41, 5.74) is 1.83. The summed E-state index contributed by atoms with van der Waals surface area (Å²) < 4.78 is 11.0. The van der Waals surface area contributed by atoms with Gasteiger partial charge >= 0.3 is 6.01 Å². The highest BCUT2D eigenvalue weighted by atomic mass is 16.5. The van der Waals surface area contributed by atoms with Crippen molar-refractivity contribution < 1.29 is 14.6 Å². The number of fused-ring (bicyclic) bond motifs is 1. The van der Waals surface area contributed by atoms with Crippen LogP contribution in [0.15, 0.2) is 48.8 Å². The Bertz CT molecular complexity index is 1060. The van der Waals surface area contributed by atoms with E-state index in [1.54, 1.807) is 12.4 Å². The monoisotopic (exact) mass is 418 g/mol. The van der Waals surface area contributed by atoms with Gasteiger partial charge < -0.3 is 19.5 Å². The molecule has 0 spiro atoms. The van der Waals surface area contributed by atoms with Crippen LogP contribution in [-0.2, 0) is 0 Å². The van der Waals surface area contributed by atoms with Crippen LogP contribution >= 0.6 is 0 Å². The Morgan fingerprint density at radius 3 is 2.65 bits per heavy atom. The van der Waals surface area contributed by atoms with Gasteiger partial charge in [0, 0.05) is 30.4 Å². The molecule has 1 aliphatic heterocycles. The molecule has 1 aliphatic rings. The maximum atomic E-state index is 10.5. The molecular formula is C24H26N4O3. The highest BCUT2D eigenvalue weighted by Gasteiger charge is 2.21. The molecule has 0 aliphatic carbocycles. The molecule has 31 heavy (non-hydrogen) atoms. The molecule has 1 aromatic heterocycles. The second-order valence-electron chi connectivity index (χ2n) is 7.82. The number of nitrogens with zero attached hydrogens (tertiary/aromatic N) is 4. The van der Waals surface area contributed by atoms with E-state index in [0.717, 1.165) is 47.8 Å². The molecule has 4 rings (SSSR count). The Morgan fingerprint density at radius 1 is 1.19 bits per heavy atom. The van der Waals surface area contributed by atoms with Crippen molar-refractivity contribution in [1.82, 2.24) is 14.9 Å². The molecule has 2 aromatic carbocycles. The normalized spacial score (nSPS) is 16.0. The fraction of sp³-hybridized carbons (Fsp3) is 0.375. The Labute approximate surface area is 181 Å². The quantitative estimate of drug-likeness (QED) is 0.629. The molecule has 160 valence electrons. The maximum Gasteiger partial charge on any atom is 0.316 e. The summed E-state index contributed by atoms with van der Waals surface area (Å²) in [6.45, 7) is 2.43. The Hall–Kier alpha value is -3.21. The van der Waals surface area contributed by atoms with E-state index in [0.29, 0.717) is 18.3 Å². The molecular weight excluding hydrogens is 392 g/mol. The second-order valence-corrected chi connectivity index (χ2v) is 7.82. The van der Waals surface area contributed by atoms with Crippen LogP contribution in [0.4, 0.5) is 0 Å². The smallest absolute Gasteiger partial charge is 0.316 e. The van der Waals surface area contributed by atoms with Crippen LogP contribution in [0.3, 0.4) is 0 Å². The zero-order valence-electron chi connectivity index (χ0n) is 17.6. The van der Waals surface area contributed by atoms with Crippen molar-refractivity contribution in [2.24, 2.45) is 5.92 Å². The number of ether oxygens (including phenoxy) is 2. The molecule has 0 radical (unpaired) electrons. The third-order valence-electron chi connectivity index (χ3n) is 5.64. The van der Waals surface area contributed by atoms with Crippen molar-refractivity contribution in [3.05, 3.63) is 48.8 Å². The van der Waals surface area contributed by atoms with Crippen molar-refractivity contribution >= 4 is 10.8 Å². The number of nitriles is 1. The molecule has 1 fully saturated rings. The lowest BCUT2D eigenvalue weighted by molar-refractivity contribution is 0.0584. The zero-order chi connectivity index (χ0) is 21.6. The third kappa shape index (κ3) is 5.10. The topological polar surface area (TPSA) is 91.5 Å². The molecule has 2 heterocycles. The van der Waals surface area contributed by atoms with Crippen molar-refractivity contribution in [3.63, 3.8) is 0 Å². The molecule has 0 saturated carbocycles. The molecule has 7 nitrogen and oxygen atoms in total. The van der Waals surface area contributed by atoms with Crippen molar-refractivity contribution in [2.45, 2.75) is 18.9 Å². The van der Waals surface area contributed by atoms with E-state index in [4.69, 9.17) is 14.7 Å². The van der Waals surface area contributed by atoms with Gasteiger partial charge in [-0.15, -0.1) is 0 Å². The van der Waals surface area contributed by atoms with Gasteiger partial charge in [-0.3, -0.25) is 0 Å². The first-order chi connectivity index (χ1) is 15.2. The average molecular weight is 418 g/mol. The summed E-state index contributed by atoms with van der Waals surface area (Å²) in [6, 6.07) is 14.7. The molecule has 1 atom stereocenters. The van der Waals surface area contributed by atoms with Crippen LogP contribution in [0.5, 0.6) is 11.8 Å². The summed E-state index contributed by atoms with van der Waals surface area (Å²) >= 11 is 0. The van der Waals surface area contributed by atoms with Crippen LogP contribution in [0.25, 0.3) is 21.9 Å². The number of β-amino-alcohol motifs (C(OH)–C–C–N with tert-alkyl or cyclic N) is 1. The lowest BCUT2D eigenvalue weighted by atomic mass is 9.98. The summed E-state index contributed by atoms with van der Waals surface area (Å²) in [4.78, 5) is 10.6. The van der Waals surface area contributed by atoms with Gasteiger partial charge in [0.25, 0.3) is 0 Å². The van der Waals surface area contributed by atoms with Crippen LogP contribution in [-0.4, -0.2) is 59.4 Å². The summed E-state index contributed by atoms with van der Waals surface area (Å²) in [6.07, 6.45) is 4.59. The fourth-order valence-electron chi connectivity index (χ4n) is 3.95. The van der Waals surface area contributed by atoms with Crippen molar-refractivity contribution in [3.8, 4) is 29.0 Å². The largest absolute Gasteiger partial charge is 0.491 e. The standard InChI is InChI=1S/C24H26N4O3/c1-30-24-26-13-19(14-27-24)23-11-21(10-18-4-2-3-5-22(18)23)31-16-20(29)15-28-8-6-17(12-25)7-9-28/h2-5,10-11,13-14,17,20,29H,6-9,15-16H2,1H3. The first-order valence-electron chi connectivity index (χ1n) is 10.5. The van der Waals surface area contributed by atoms with E-state index >= 15 is 0 Å². The van der Waals surface area contributed by atoms with Crippen molar-refractivity contribution in [2.75, 3.05) is 33.4 Å². The fourth-order valence-corrected chi connectivity index (χ4v) is 3.95. The molecule has 0 bridgehead atoms. The van der Waals surface area contributed by atoms with Crippen LogP contribution in [0, 0.1) is 17.2 Å². The second kappa shape index (κ2) is 9.73. The Morgan fingerprint density at radius 2 is 1.94 bits per heavy atom. The van der Waals surface area contributed by atoms with E-state index in [9.17, 15) is 5.11 Å². The van der Waals surface area contributed by atoms with Gasteiger partial charge in [-0.2, -0.15) is 5.26 Å². The van der Waals surface area contributed by atoms with E-state index in [-0.39, 0.29) is 12.5 Å². The minimum absolute atomic E-state index is 0.141. The number of methoxy groups -OCH3 is 1. The summed E-state index contributed by atoms with van der Waals surface area (Å²) in [7, 11) is 1.54. The SMILES string of the molecule is COc1ncc(-c2cc(OCC(O)CN3CCC(C#N)CC3)cc3ccccc23)cn1. The molecule has 7 heteroatoms. The number of piperidine rings is 1. The zero-order valence-corrected chi connectivity index (χ0v) is 17.6. The number of likely N-dealkylation sites (tertiary alicyclic amines) is 1. The number of aliphatic hydroxyl groups is 1. The van der Waals surface area contributed by atoms with E-state index < -0.39 is 6.10 Å². The van der Waals surface area contributed by atoms with Gasteiger partial charge in [0.2, 0.25) is 0 Å². The predicted molar refractivity (Wildman–Crippen MR) is 118 cm³/mol.